The second-order valence-corrected chi connectivity index (χ2v) is 6.97. The smallest absolute Gasteiger partial charge is 0.227 e. The predicted molar refractivity (Wildman–Crippen MR) is 101 cm³/mol. The quantitative estimate of drug-likeness (QED) is 0.735. The average molecular weight is 326 g/mol. The largest absolute Gasteiger partial charge is 0.374 e. The van der Waals surface area contributed by atoms with Crippen molar-refractivity contribution >= 4 is 5.91 Å². The van der Waals surface area contributed by atoms with Crippen LogP contribution in [0, 0.1) is 5.92 Å². The average Bonchev–Trinajstić information content (AvgIpc) is 2.59. The highest BCUT2D eigenvalue weighted by molar-refractivity contribution is 5.83. The minimum atomic E-state index is -0.101. The molecule has 0 bridgehead atoms. The number of allylic oxidation sites excluding steroid dienone is 2. The summed E-state index contributed by atoms with van der Waals surface area (Å²) in [6.45, 7) is 9.08. The van der Waals surface area contributed by atoms with Crippen LogP contribution in [0.15, 0.2) is 48.7 Å². The summed E-state index contributed by atoms with van der Waals surface area (Å²) in [7, 11) is 0. The van der Waals surface area contributed by atoms with Gasteiger partial charge in [0.15, 0.2) is 0 Å². The molecule has 0 aromatic heterocycles. The summed E-state index contributed by atoms with van der Waals surface area (Å²) in [5.41, 5.74) is 2.43. The molecule has 1 atom stereocenters. The van der Waals surface area contributed by atoms with E-state index in [1.807, 2.05) is 13.0 Å². The molecule has 3 nitrogen and oxygen atoms in total. The molecule has 1 aliphatic rings. The standard InChI is InChI=1S/C21H30N2O/c1-17(2)16-19-8-10-20(11-9-19)18(3)21(24)22-12-7-15-23-13-5-4-6-14-23/h4-6,8-11,13,17-18H,7,12,14-16H2,1-3H3,(H,22,24)/t18-/m1/s1. The summed E-state index contributed by atoms with van der Waals surface area (Å²) in [5, 5.41) is 3.06. The van der Waals surface area contributed by atoms with Crippen LogP contribution >= 0.6 is 0 Å². The van der Waals surface area contributed by atoms with Gasteiger partial charge in [0.05, 0.1) is 5.92 Å². The van der Waals surface area contributed by atoms with Crippen molar-refractivity contribution in [2.75, 3.05) is 19.6 Å². The van der Waals surface area contributed by atoms with E-state index in [2.05, 4.69) is 66.7 Å². The summed E-state index contributed by atoms with van der Waals surface area (Å²) in [4.78, 5) is 14.6. The number of hydrogen-bond acceptors (Lipinski definition) is 2. The fraction of sp³-hybridized carbons (Fsp3) is 0.476. The number of carbonyl (C=O) groups excluding carboxylic acids is 1. The van der Waals surface area contributed by atoms with Gasteiger partial charge in [0.25, 0.3) is 0 Å². The van der Waals surface area contributed by atoms with Crippen LogP contribution in [0.2, 0.25) is 0 Å². The van der Waals surface area contributed by atoms with Gasteiger partial charge in [0.2, 0.25) is 5.91 Å². The van der Waals surface area contributed by atoms with Gasteiger partial charge in [-0.25, -0.2) is 0 Å². The first-order valence-corrected chi connectivity index (χ1v) is 9.00. The summed E-state index contributed by atoms with van der Waals surface area (Å²) in [5.74, 6) is 0.665. The Labute approximate surface area is 146 Å². The van der Waals surface area contributed by atoms with Crippen LogP contribution < -0.4 is 5.32 Å². The molecule has 0 unspecified atom stereocenters. The zero-order valence-electron chi connectivity index (χ0n) is 15.2. The zero-order chi connectivity index (χ0) is 17.4. The lowest BCUT2D eigenvalue weighted by molar-refractivity contribution is -0.122. The van der Waals surface area contributed by atoms with Crippen LogP contribution in [-0.4, -0.2) is 30.4 Å². The topological polar surface area (TPSA) is 32.3 Å². The molecule has 3 heteroatoms. The van der Waals surface area contributed by atoms with Crippen molar-refractivity contribution in [2.45, 2.75) is 39.5 Å². The maximum absolute atomic E-state index is 12.3. The Balaban J connectivity index is 1.73. The van der Waals surface area contributed by atoms with E-state index in [0.29, 0.717) is 5.92 Å². The molecule has 0 spiro atoms. The molecule has 1 aromatic rings. The SMILES string of the molecule is CC(C)Cc1ccc([C@@H](C)C(=O)NCCCN2C=CC=CC2)cc1. The van der Waals surface area contributed by atoms with Crippen molar-refractivity contribution in [3.8, 4) is 0 Å². The van der Waals surface area contributed by atoms with E-state index in [4.69, 9.17) is 0 Å². The van der Waals surface area contributed by atoms with Gasteiger partial charge in [-0.05, 0) is 49.1 Å². The Morgan fingerprint density at radius 3 is 2.54 bits per heavy atom. The molecule has 0 fully saturated rings. The maximum Gasteiger partial charge on any atom is 0.227 e. The lowest BCUT2D eigenvalue weighted by atomic mass is 9.96. The number of nitrogens with zero attached hydrogens (tertiary/aromatic N) is 1. The molecular weight excluding hydrogens is 296 g/mol. The molecule has 0 saturated heterocycles. The van der Waals surface area contributed by atoms with E-state index in [1.165, 1.54) is 5.56 Å². The number of benzene rings is 1. The van der Waals surface area contributed by atoms with Crippen molar-refractivity contribution in [2.24, 2.45) is 5.92 Å². The summed E-state index contributed by atoms with van der Waals surface area (Å²) < 4.78 is 0. The molecule has 1 N–H and O–H groups in total. The molecule has 1 aliphatic heterocycles. The fourth-order valence-corrected chi connectivity index (χ4v) is 2.88. The normalized spacial score (nSPS) is 14.9. The van der Waals surface area contributed by atoms with Crippen molar-refractivity contribution in [3.63, 3.8) is 0 Å². The second kappa shape index (κ2) is 9.31. The lowest BCUT2D eigenvalue weighted by Crippen LogP contribution is -2.31. The molecule has 24 heavy (non-hydrogen) atoms. The fourth-order valence-electron chi connectivity index (χ4n) is 2.88. The van der Waals surface area contributed by atoms with Gasteiger partial charge in [-0.2, -0.15) is 0 Å². The summed E-state index contributed by atoms with van der Waals surface area (Å²) in [6, 6.07) is 8.48. The van der Waals surface area contributed by atoms with Crippen LogP contribution in [0.4, 0.5) is 0 Å². The molecule has 130 valence electrons. The number of hydrogen-bond donors (Lipinski definition) is 1. The third kappa shape index (κ3) is 5.88. The van der Waals surface area contributed by atoms with Gasteiger partial charge in [-0.1, -0.05) is 50.3 Å². The van der Waals surface area contributed by atoms with Crippen molar-refractivity contribution in [1.82, 2.24) is 10.2 Å². The molecular formula is C21H30N2O. The number of carbonyl (C=O) groups is 1. The number of amides is 1. The number of rotatable bonds is 8. The van der Waals surface area contributed by atoms with Gasteiger partial charge in [0.1, 0.15) is 0 Å². The second-order valence-electron chi connectivity index (χ2n) is 6.97. The van der Waals surface area contributed by atoms with Gasteiger partial charge >= 0.3 is 0 Å². The van der Waals surface area contributed by atoms with E-state index < -0.39 is 0 Å². The van der Waals surface area contributed by atoms with E-state index in [1.54, 1.807) is 0 Å². The predicted octanol–water partition coefficient (Wildman–Crippen LogP) is 3.88. The van der Waals surface area contributed by atoms with Crippen LogP contribution in [-0.2, 0) is 11.2 Å². The highest BCUT2D eigenvalue weighted by Crippen LogP contribution is 2.17. The maximum atomic E-state index is 12.3. The summed E-state index contributed by atoms with van der Waals surface area (Å²) >= 11 is 0. The molecule has 2 rings (SSSR count). The highest BCUT2D eigenvalue weighted by atomic mass is 16.1. The molecule has 1 aromatic carbocycles. The van der Waals surface area contributed by atoms with Crippen molar-refractivity contribution < 1.29 is 4.79 Å². The highest BCUT2D eigenvalue weighted by Gasteiger charge is 2.14. The van der Waals surface area contributed by atoms with E-state index in [9.17, 15) is 4.79 Å². The molecule has 1 amide bonds. The van der Waals surface area contributed by atoms with E-state index >= 15 is 0 Å². The minimum absolute atomic E-state index is 0.101. The van der Waals surface area contributed by atoms with Crippen molar-refractivity contribution in [3.05, 3.63) is 59.8 Å². The van der Waals surface area contributed by atoms with Gasteiger partial charge in [0, 0.05) is 19.6 Å². The van der Waals surface area contributed by atoms with Crippen molar-refractivity contribution in [1.29, 1.82) is 0 Å². The van der Waals surface area contributed by atoms with Crippen LogP contribution in [0.3, 0.4) is 0 Å². The molecule has 0 saturated carbocycles. The monoisotopic (exact) mass is 326 g/mol. The Morgan fingerprint density at radius 1 is 1.17 bits per heavy atom. The number of nitrogens with one attached hydrogen (secondary N) is 1. The van der Waals surface area contributed by atoms with E-state index in [-0.39, 0.29) is 11.8 Å². The van der Waals surface area contributed by atoms with Gasteiger partial charge < -0.3 is 10.2 Å². The first kappa shape index (κ1) is 18.3. The minimum Gasteiger partial charge on any atom is -0.374 e. The lowest BCUT2D eigenvalue weighted by Gasteiger charge is -2.20. The first-order chi connectivity index (χ1) is 11.6. The Kier molecular flexibility index (Phi) is 7.10. The van der Waals surface area contributed by atoms with E-state index in [0.717, 1.165) is 38.0 Å². The third-order valence-electron chi connectivity index (χ3n) is 4.32. The Bertz CT molecular complexity index is 572. The van der Waals surface area contributed by atoms with Gasteiger partial charge in [-0.3, -0.25) is 4.79 Å². The zero-order valence-corrected chi connectivity index (χ0v) is 15.2. The van der Waals surface area contributed by atoms with Crippen LogP contribution in [0.1, 0.15) is 44.2 Å². The van der Waals surface area contributed by atoms with Gasteiger partial charge in [-0.15, -0.1) is 0 Å². The molecule has 0 aliphatic carbocycles. The first-order valence-electron chi connectivity index (χ1n) is 9.00. The Hall–Kier alpha value is -2.03. The third-order valence-corrected chi connectivity index (χ3v) is 4.32. The Morgan fingerprint density at radius 2 is 1.92 bits per heavy atom. The van der Waals surface area contributed by atoms with Crippen LogP contribution in [0.5, 0.6) is 0 Å². The summed E-state index contributed by atoms with van der Waals surface area (Å²) in [6.07, 6.45) is 10.4. The molecule has 0 radical (unpaired) electrons. The molecule has 1 heterocycles. The van der Waals surface area contributed by atoms with Crippen LogP contribution in [0.25, 0.3) is 0 Å².